The number of rotatable bonds is 5. The van der Waals surface area contributed by atoms with Gasteiger partial charge in [-0.05, 0) is 0 Å². The second-order valence-electron chi connectivity index (χ2n) is 3.92. The fraction of sp³-hybridized carbons (Fsp3) is 1.00. The quantitative estimate of drug-likeness (QED) is 0.516. The lowest BCUT2D eigenvalue weighted by atomic mass is 9.91. The number of aliphatic hydroxyl groups is 3. The third-order valence-corrected chi connectivity index (χ3v) is 2.81. The Labute approximate surface area is 94.7 Å². The maximum absolute atomic E-state index is 9.76. The van der Waals surface area contributed by atoms with Gasteiger partial charge in [0.25, 0.3) is 0 Å². The molecule has 0 bridgehead atoms. The lowest BCUT2D eigenvalue weighted by Crippen LogP contribution is -2.55. The van der Waals surface area contributed by atoms with E-state index in [0.29, 0.717) is 0 Å². The van der Waals surface area contributed by atoms with E-state index < -0.39 is 18.5 Å². The maximum atomic E-state index is 9.76. The van der Waals surface area contributed by atoms with Crippen molar-refractivity contribution in [1.29, 1.82) is 0 Å². The first-order valence-corrected chi connectivity index (χ1v) is 5.34. The van der Waals surface area contributed by atoms with E-state index in [2.05, 4.69) is 0 Å². The predicted molar refractivity (Wildman–Crippen MR) is 54.8 cm³/mol. The van der Waals surface area contributed by atoms with Gasteiger partial charge in [-0.3, -0.25) is 0 Å². The van der Waals surface area contributed by atoms with Gasteiger partial charge in [0, 0.05) is 13.0 Å². The Hall–Kier alpha value is -0.240. The van der Waals surface area contributed by atoms with Gasteiger partial charge in [0.15, 0.2) is 6.29 Å². The lowest BCUT2D eigenvalue weighted by molar-refractivity contribution is -0.282. The number of hydrogen-bond acceptors (Lipinski definition) is 6. The van der Waals surface area contributed by atoms with Crippen LogP contribution in [0.4, 0.5) is 0 Å². The largest absolute Gasteiger partial charge is 0.394 e. The summed E-state index contributed by atoms with van der Waals surface area (Å²) in [5.41, 5.74) is 0. The molecule has 0 radical (unpaired) electrons. The Balaban J connectivity index is 2.50. The second-order valence-corrected chi connectivity index (χ2v) is 3.92. The first-order chi connectivity index (χ1) is 7.61. The zero-order valence-electron chi connectivity index (χ0n) is 9.57. The van der Waals surface area contributed by atoms with Crippen LogP contribution in [-0.2, 0) is 14.2 Å². The minimum atomic E-state index is -1.05. The first kappa shape index (κ1) is 13.8. The molecule has 96 valence electrons. The molecule has 6 nitrogen and oxygen atoms in total. The molecule has 0 saturated carbocycles. The van der Waals surface area contributed by atoms with Crippen molar-refractivity contribution in [3.05, 3.63) is 0 Å². The van der Waals surface area contributed by atoms with Crippen molar-refractivity contribution in [1.82, 2.24) is 0 Å². The van der Waals surface area contributed by atoms with Gasteiger partial charge in [0.05, 0.1) is 32.0 Å². The van der Waals surface area contributed by atoms with E-state index in [1.807, 2.05) is 0 Å². The van der Waals surface area contributed by atoms with E-state index in [-0.39, 0.29) is 31.8 Å². The molecule has 3 N–H and O–H groups in total. The highest BCUT2D eigenvalue weighted by molar-refractivity contribution is 4.86. The fourth-order valence-corrected chi connectivity index (χ4v) is 1.72. The van der Waals surface area contributed by atoms with Gasteiger partial charge < -0.3 is 29.5 Å². The van der Waals surface area contributed by atoms with Gasteiger partial charge in [-0.1, -0.05) is 6.92 Å². The van der Waals surface area contributed by atoms with Crippen LogP contribution >= 0.6 is 0 Å². The molecule has 1 rings (SSSR count). The molecule has 5 unspecified atom stereocenters. The van der Waals surface area contributed by atoms with Crippen molar-refractivity contribution >= 4 is 0 Å². The molecule has 1 aliphatic heterocycles. The lowest BCUT2D eigenvalue weighted by Gasteiger charge is -2.40. The molecule has 0 aromatic heterocycles. The van der Waals surface area contributed by atoms with Gasteiger partial charge in [-0.15, -0.1) is 0 Å². The Bertz CT molecular complexity index is 198. The molecular weight excluding hydrogens is 216 g/mol. The van der Waals surface area contributed by atoms with Crippen molar-refractivity contribution < 1.29 is 29.5 Å². The van der Waals surface area contributed by atoms with Gasteiger partial charge >= 0.3 is 0 Å². The standard InChI is InChI=1S/C10H20O6/c1-6-7(5-15-4-3-11)16-10(14-2)9(13)8(6)12/h6-13H,3-5H2,1-2H3. The molecule has 0 aliphatic carbocycles. The summed E-state index contributed by atoms with van der Waals surface area (Å²) < 4.78 is 15.5. The van der Waals surface area contributed by atoms with Crippen molar-refractivity contribution in [3.8, 4) is 0 Å². The summed E-state index contributed by atoms with van der Waals surface area (Å²) in [6.45, 7) is 2.20. The minimum absolute atomic E-state index is 0.0556. The summed E-state index contributed by atoms with van der Waals surface area (Å²) in [7, 11) is 1.40. The molecule has 0 amide bonds. The highest BCUT2D eigenvalue weighted by Crippen LogP contribution is 2.26. The number of methoxy groups -OCH3 is 1. The van der Waals surface area contributed by atoms with Gasteiger partial charge in [-0.2, -0.15) is 0 Å². The molecule has 0 spiro atoms. The van der Waals surface area contributed by atoms with E-state index >= 15 is 0 Å². The Morgan fingerprint density at radius 2 is 1.94 bits per heavy atom. The topological polar surface area (TPSA) is 88.4 Å². The molecule has 5 atom stereocenters. The third kappa shape index (κ3) is 3.13. The molecular formula is C10H20O6. The van der Waals surface area contributed by atoms with Crippen molar-refractivity contribution in [2.24, 2.45) is 5.92 Å². The van der Waals surface area contributed by atoms with Gasteiger partial charge in [-0.25, -0.2) is 0 Å². The summed E-state index contributed by atoms with van der Waals surface area (Å²) in [6, 6.07) is 0. The smallest absolute Gasteiger partial charge is 0.186 e. The summed E-state index contributed by atoms with van der Waals surface area (Å²) in [6.07, 6.45) is -3.14. The van der Waals surface area contributed by atoms with E-state index in [1.165, 1.54) is 7.11 Å². The van der Waals surface area contributed by atoms with Gasteiger partial charge in [0.2, 0.25) is 0 Å². The number of hydrogen-bond donors (Lipinski definition) is 3. The zero-order chi connectivity index (χ0) is 12.1. The monoisotopic (exact) mass is 236 g/mol. The normalized spacial score (nSPS) is 39.9. The number of aliphatic hydroxyl groups excluding tert-OH is 3. The Morgan fingerprint density at radius 3 is 2.50 bits per heavy atom. The Kier molecular flexibility index (Phi) is 5.60. The van der Waals surface area contributed by atoms with E-state index in [0.717, 1.165) is 0 Å². The number of ether oxygens (including phenoxy) is 3. The van der Waals surface area contributed by atoms with Crippen LogP contribution in [0.25, 0.3) is 0 Å². The summed E-state index contributed by atoms with van der Waals surface area (Å²) >= 11 is 0. The summed E-state index contributed by atoms with van der Waals surface area (Å²) in [5.74, 6) is -0.250. The predicted octanol–water partition coefficient (Wildman–Crippen LogP) is -1.28. The van der Waals surface area contributed by atoms with Crippen LogP contribution < -0.4 is 0 Å². The van der Waals surface area contributed by atoms with Crippen LogP contribution in [-0.4, -0.2) is 66.9 Å². The van der Waals surface area contributed by atoms with Gasteiger partial charge in [0.1, 0.15) is 6.10 Å². The molecule has 16 heavy (non-hydrogen) atoms. The molecule has 0 aromatic carbocycles. The molecule has 6 heteroatoms. The second kappa shape index (κ2) is 6.48. The average Bonchev–Trinajstić information content (AvgIpc) is 2.29. The molecule has 1 fully saturated rings. The van der Waals surface area contributed by atoms with E-state index in [1.54, 1.807) is 6.92 Å². The van der Waals surface area contributed by atoms with Crippen LogP contribution in [0.15, 0.2) is 0 Å². The van der Waals surface area contributed by atoms with Crippen LogP contribution in [0, 0.1) is 5.92 Å². The van der Waals surface area contributed by atoms with E-state index in [4.69, 9.17) is 19.3 Å². The van der Waals surface area contributed by atoms with E-state index in [9.17, 15) is 10.2 Å². The first-order valence-electron chi connectivity index (χ1n) is 5.34. The molecule has 1 saturated heterocycles. The highest BCUT2D eigenvalue weighted by atomic mass is 16.7. The van der Waals surface area contributed by atoms with Crippen LogP contribution in [0.1, 0.15) is 6.92 Å². The summed E-state index contributed by atoms with van der Waals surface area (Å²) in [4.78, 5) is 0. The average molecular weight is 236 g/mol. The van der Waals surface area contributed by atoms with Crippen molar-refractivity contribution in [2.45, 2.75) is 31.5 Å². The van der Waals surface area contributed by atoms with Crippen molar-refractivity contribution in [3.63, 3.8) is 0 Å². The Morgan fingerprint density at radius 1 is 1.25 bits per heavy atom. The van der Waals surface area contributed by atoms with Crippen molar-refractivity contribution in [2.75, 3.05) is 26.9 Å². The van der Waals surface area contributed by atoms with Crippen LogP contribution in [0.3, 0.4) is 0 Å². The maximum Gasteiger partial charge on any atom is 0.186 e. The van der Waals surface area contributed by atoms with Crippen LogP contribution in [0.2, 0.25) is 0 Å². The summed E-state index contributed by atoms with van der Waals surface area (Å²) in [5, 5.41) is 28.0. The molecule has 0 aromatic rings. The SMILES string of the molecule is COC1OC(COCCO)C(C)C(O)C1O. The highest BCUT2D eigenvalue weighted by Gasteiger charge is 2.42. The van der Waals surface area contributed by atoms with Crippen LogP contribution in [0.5, 0.6) is 0 Å². The fourth-order valence-electron chi connectivity index (χ4n) is 1.72. The zero-order valence-corrected chi connectivity index (χ0v) is 9.57. The third-order valence-electron chi connectivity index (χ3n) is 2.81. The molecule has 1 aliphatic rings. The minimum Gasteiger partial charge on any atom is -0.394 e. The molecule has 1 heterocycles.